The van der Waals surface area contributed by atoms with Crippen molar-refractivity contribution in [1.82, 2.24) is 4.98 Å². The van der Waals surface area contributed by atoms with Gasteiger partial charge in [-0.3, -0.25) is 4.79 Å². The Balaban J connectivity index is 2.30. The lowest BCUT2D eigenvalue weighted by Crippen LogP contribution is -2.33. The summed E-state index contributed by atoms with van der Waals surface area (Å²) in [7, 11) is 1.32. The first-order valence-corrected chi connectivity index (χ1v) is 5.69. The third-order valence-electron chi connectivity index (χ3n) is 2.96. The lowest BCUT2D eigenvalue weighted by Gasteiger charge is -2.08. The van der Waals surface area contributed by atoms with E-state index in [0.717, 1.165) is 22.0 Å². The van der Waals surface area contributed by atoms with Crippen LogP contribution in [0, 0.1) is 0 Å². The van der Waals surface area contributed by atoms with Crippen LogP contribution in [0.15, 0.2) is 24.4 Å². The van der Waals surface area contributed by atoms with E-state index in [1.807, 2.05) is 24.4 Å². The highest BCUT2D eigenvalue weighted by Crippen LogP contribution is 2.21. The minimum Gasteiger partial charge on any atom is -0.468 e. The Labute approximate surface area is 105 Å². The maximum Gasteiger partial charge on any atom is 0.322 e. The Bertz CT molecular complexity index is 562. The third-order valence-corrected chi connectivity index (χ3v) is 2.96. The second-order valence-corrected chi connectivity index (χ2v) is 4.19. The molecule has 2 aromatic rings. The van der Waals surface area contributed by atoms with Gasteiger partial charge < -0.3 is 20.6 Å². The van der Waals surface area contributed by atoms with Crippen LogP contribution in [-0.4, -0.2) is 29.2 Å². The highest BCUT2D eigenvalue weighted by molar-refractivity contribution is 5.85. The second-order valence-electron chi connectivity index (χ2n) is 4.19. The maximum atomic E-state index is 11.3. The molecule has 0 bridgehead atoms. The van der Waals surface area contributed by atoms with Crippen LogP contribution in [-0.2, 0) is 22.6 Å². The van der Waals surface area contributed by atoms with Gasteiger partial charge in [0.2, 0.25) is 0 Å². The number of carbonyl (C=O) groups excluding carboxylic acids is 1. The first-order valence-electron chi connectivity index (χ1n) is 5.69. The largest absolute Gasteiger partial charge is 0.468 e. The molecule has 0 saturated carbocycles. The highest BCUT2D eigenvalue weighted by atomic mass is 16.5. The molecule has 1 atom stereocenters. The smallest absolute Gasteiger partial charge is 0.322 e. The van der Waals surface area contributed by atoms with Crippen molar-refractivity contribution in [2.45, 2.75) is 19.1 Å². The van der Waals surface area contributed by atoms with Gasteiger partial charge in [0.1, 0.15) is 6.04 Å². The van der Waals surface area contributed by atoms with Crippen LogP contribution < -0.4 is 5.73 Å². The molecule has 0 saturated heterocycles. The van der Waals surface area contributed by atoms with Crippen molar-refractivity contribution in [3.8, 4) is 0 Å². The van der Waals surface area contributed by atoms with Gasteiger partial charge in [-0.1, -0.05) is 6.07 Å². The topological polar surface area (TPSA) is 88.3 Å². The van der Waals surface area contributed by atoms with Crippen LogP contribution in [0.5, 0.6) is 0 Å². The number of fused-ring (bicyclic) bond motifs is 1. The number of carbonyl (C=O) groups is 1. The molecule has 0 aliphatic carbocycles. The van der Waals surface area contributed by atoms with Crippen LogP contribution in [0.2, 0.25) is 0 Å². The molecule has 5 heteroatoms. The Morgan fingerprint density at radius 1 is 1.56 bits per heavy atom. The quantitative estimate of drug-likeness (QED) is 0.695. The molecule has 0 amide bonds. The van der Waals surface area contributed by atoms with Crippen molar-refractivity contribution in [3.63, 3.8) is 0 Å². The number of H-pyrrole nitrogens is 1. The maximum absolute atomic E-state index is 11.3. The van der Waals surface area contributed by atoms with E-state index in [-0.39, 0.29) is 6.61 Å². The molecular weight excluding hydrogens is 232 g/mol. The van der Waals surface area contributed by atoms with E-state index in [4.69, 9.17) is 10.8 Å². The van der Waals surface area contributed by atoms with E-state index in [1.165, 1.54) is 7.11 Å². The number of esters is 1. The number of hydrogen-bond acceptors (Lipinski definition) is 4. The van der Waals surface area contributed by atoms with Crippen LogP contribution >= 0.6 is 0 Å². The molecule has 1 aromatic carbocycles. The molecule has 0 unspecified atom stereocenters. The Kier molecular flexibility index (Phi) is 3.64. The van der Waals surface area contributed by atoms with Gasteiger partial charge in [-0.2, -0.15) is 0 Å². The predicted octanol–water partition coefficient (Wildman–Crippen LogP) is 0.703. The van der Waals surface area contributed by atoms with Gasteiger partial charge in [0.25, 0.3) is 0 Å². The van der Waals surface area contributed by atoms with Gasteiger partial charge >= 0.3 is 5.97 Å². The molecule has 4 N–H and O–H groups in total. The summed E-state index contributed by atoms with van der Waals surface area (Å²) < 4.78 is 4.60. The molecule has 1 aromatic heterocycles. The Morgan fingerprint density at radius 2 is 2.33 bits per heavy atom. The number of rotatable bonds is 4. The summed E-state index contributed by atoms with van der Waals surface area (Å²) in [5, 5.41) is 10.1. The van der Waals surface area contributed by atoms with Gasteiger partial charge in [-0.25, -0.2) is 0 Å². The van der Waals surface area contributed by atoms with Crippen LogP contribution in [0.25, 0.3) is 10.9 Å². The fraction of sp³-hybridized carbons (Fsp3) is 0.308. The number of aromatic nitrogens is 1. The molecule has 0 radical (unpaired) electrons. The number of aromatic amines is 1. The number of ether oxygens (including phenoxy) is 1. The fourth-order valence-electron chi connectivity index (χ4n) is 1.96. The summed E-state index contributed by atoms with van der Waals surface area (Å²) in [6.45, 7) is -0.0103. The van der Waals surface area contributed by atoms with E-state index in [1.54, 1.807) is 0 Å². The SMILES string of the molecule is COC(=O)[C@@H](N)Cc1c[nH]c2ccc(CO)cc12. The number of benzene rings is 1. The summed E-state index contributed by atoms with van der Waals surface area (Å²) in [6.07, 6.45) is 2.23. The molecular formula is C13H16N2O3. The van der Waals surface area contributed by atoms with E-state index in [2.05, 4.69) is 9.72 Å². The summed E-state index contributed by atoms with van der Waals surface area (Å²) in [5.74, 6) is -0.428. The normalized spacial score (nSPS) is 12.6. The molecule has 0 fully saturated rings. The van der Waals surface area contributed by atoms with Crippen LogP contribution in [0.4, 0.5) is 0 Å². The van der Waals surface area contributed by atoms with Gasteiger partial charge in [0, 0.05) is 23.5 Å². The van der Waals surface area contributed by atoms with Crippen molar-refractivity contribution < 1.29 is 14.6 Å². The molecule has 96 valence electrons. The van der Waals surface area contributed by atoms with E-state index < -0.39 is 12.0 Å². The van der Waals surface area contributed by atoms with E-state index >= 15 is 0 Å². The zero-order valence-corrected chi connectivity index (χ0v) is 10.1. The number of aliphatic hydroxyl groups is 1. The van der Waals surface area contributed by atoms with Gasteiger partial charge in [0.05, 0.1) is 13.7 Å². The second kappa shape index (κ2) is 5.20. The summed E-state index contributed by atoms with van der Waals surface area (Å²) >= 11 is 0. The molecule has 0 aliphatic heterocycles. The van der Waals surface area contributed by atoms with Crippen LogP contribution in [0.3, 0.4) is 0 Å². The standard InChI is InChI=1S/C13H16N2O3/c1-18-13(17)11(14)5-9-6-15-12-3-2-8(7-16)4-10(9)12/h2-4,6,11,15-16H,5,7,14H2,1H3/t11-/m0/s1. The number of hydrogen-bond donors (Lipinski definition) is 3. The van der Waals surface area contributed by atoms with Gasteiger partial charge in [0.15, 0.2) is 0 Å². The molecule has 0 aliphatic rings. The van der Waals surface area contributed by atoms with E-state index in [0.29, 0.717) is 6.42 Å². The number of aliphatic hydroxyl groups excluding tert-OH is 1. The molecule has 2 rings (SSSR count). The van der Waals surface area contributed by atoms with Gasteiger partial charge in [-0.05, 0) is 23.3 Å². The lowest BCUT2D eigenvalue weighted by molar-refractivity contribution is -0.142. The van der Waals surface area contributed by atoms with Crippen LogP contribution in [0.1, 0.15) is 11.1 Å². The molecule has 18 heavy (non-hydrogen) atoms. The zero-order valence-electron chi connectivity index (χ0n) is 10.1. The molecule has 0 spiro atoms. The third kappa shape index (κ3) is 2.37. The zero-order chi connectivity index (χ0) is 13.1. The molecule has 1 heterocycles. The minimum absolute atomic E-state index is 0.0103. The number of nitrogens with two attached hydrogens (primary N) is 1. The first-order chi connectivity index (χ1) is 8.65. The van der Waals surface area contributed by atoms with Gasteiger partial charge in [-0.15, -0.1) is 0 Å². The lowest BCUT2D eigenvalue weighted by atomic mass is 10.0. The average Bonchev–Trinajstić information content (AvgIpc) is 2.80. The van der Waals surface area contributed by atoms with Crippen molar-refractivity contribution in [2.24, 2.45) is 5.73 Å². The first kappa shape index (κ1) is 12.6. The van der Waals surface area contributed by atoms with Crippen molar-refractivity contribution in [2.75, 3.05) is 7.11 Å². The summed E-state index contributed by atoms with van der Waals surface area (Å²) in [5.41, 5.74) is 8.47. The summed E-state index contributed by atoms with van der Waals surface area (Å²) in [6, 6.07) is 4.97. The Hall–Kier alpha value is -1.85. The van der Waals surface area contributed by atoms with Crippen molar-refractivity contribution in [1.29, 1.82) is 0 Å². The highest BCUT2D eigenvalue weighted by Gasteiger charge is 2.16. The van der Waals surface area contributed by atoms with Crippen molar-refractivity contribution >= 4 is 16.9 Å². The molecule has 5 nitrogen and oxygen atoms in total. The fourth-order valence-corrected chi connectivity index (χ4v) is 1.96. The minimum atomic E-state index is -0.674. The number of methoxy groups -OCH3 is 1. The average molecular weight is 248 g/mol. The van der Waals surface area contributed by atoms with Crippen molar-refractivity contribution in [3.05, 3.63) is 35.5 Å². The monoisotopic (exact) mass is 248 g/mol. The summed E-state index contributed by atoms with van der Waals surface area (Å²) in [4.78, 5) is 14.4. The number of nitrogens with one attached hydrogen (secondary N) is 1. The van der Waals surface area contributed by atoms with E-state index in [9.17, 15) is 4.79 Å². The predicted molar refractivity (Wildman–Crippen MR) is 67.9 cm³/mol. The Morgan fingerprint density at radius 3 is 3.00 bits per heavy atom.